The van der Waals surface area contributed by atoms with Crippen LogP contribution < -0.4 is 5.32 Å². The molecule has 3 aromatic rings. The fourth-order valence-electron chi connectivity index (χ4n) is 2.41. The van der Waals surface area contributed by atoms with E-state index in [1.54, 1.807) is 29.5 Å². The van der Waals surface area contributed by atoms with E-state index in [0.29, 0.717) is 28.8 Å². The molecular formula is C18H17BrClN3O2S. The monoisotopic (exact) mass is 453 g/mol. The predicted octanol–water partition coefficient (Wildman–Crippen LogP) is 5.36. The number of hydrogen-bond acceptors (Lipinski definition) is 5. The minimum Gasteiger partial charge on any atom is -0.352 e. The van der Waals surface area contributed by atoms with Crippen LogP contribution in [-0.2, 0) is 6.42 Å². The number of halogens is 2. The molecule has 5 nitrogen and oxygen atoms in total. The summed E-state index contributed by atoms with van der Waals surface area (Å²) in [5.41, 5.74) is 0.480. The number of unbranched alkanes of at least 4 members (excludes halogenated alkanes) is 2. The van der Waals surface area contributed by atoms with Crippen LogP contribution in [0.5, 0.6) is 0 Å². The largest absolute Gasteiger partial charge is 0.352 e. The number of amides is 1. The van der Waals surface area contributed by atoms with Crippen LogP contribution in [0.2, 0.25) is 5.02 Å². The standard InChI is InChI=1S/C18H17BrClN3O2S/c19-12-7-8-14(20)13(11-12)18(24)21-9-3-1-2-6-16-22-17(23-25-16)15-5-4-10-26-15/h4-5,7-8,10-11H,1-3,6,9H2,(H,21,24). The number of rotatable bonds is 8. The molecule has 2 heterocycles. The maximum Gasteiger partial charge on any atom is 0.252 e. The Morgan fingerprint density at radius 2 is 2.15 bits per heavy atom. The molecule has 1 amide bonds. The third-order valence-corrected chi connectivity index (χ3v) is 5.42. The number of carbonyl (C=O) groups is 1. The van der Waals surface area contributed by atoms with Gasteiger partial charge < -0.3 is 9.84 Å². The summed E-state index contributed by atoms with van der Waals surface area (Å²) in [6.07, 6.45) is 3.51. The van der Waals surface area contributed by atoms with Gasteiger partial charge in [-0.3, -0.25) is 4.79 Å². The summed E-state index contributed by atoms with van der Waals surface area (Å²) in [6, 6.07) is 9.17. The van der Waals surface area contributed by atoms with Gasteiger partial charge in [0.15, 0.2) is 0 Å². The molecule has 0 spiro atoms. The highest BCUT2D eigenvalue weighted by atomic mass is 79.9. The number of carbonyl (C=O) groups excluding carboxylic acids is 1. The number of thiophene rings is 1. The first-order chi connectivity index (χ1) is 12.6. The molecule has 0 atom stereocenters. The van der Waals surface area contributed by atoms with Crippen molar-refractivity contribution in [1.29, 1.82) is 0 Å². The third-order valence-electron chi connectivity index (χ3n) is 3.74. The number of nitrogens with zero attached hydrogens (tertiary/aromatic N) is 2. The summed E-state index contributed by atoms with van der Waals surface area (Å²) >= 11 is 11.0. The zero-order valence-corrected chi connectivity index (χ0v) is 17.0. The molecule has 26 heavy (non-hydrogen) atoms. The van der Waals surface area contributed by atoms with Gasteiger partial charge in [-0.2, -0.15) is 4.98 Å². The minimum atomic E-state index is -0.159. The van der Waals surface area contributed by atoms with Crippen molar-refractivity contribution in [3.05, 3.63) is 56.7 Å². The van der Waals surface area contributed by atoms with Crippen LogP contribution in [0, 0.1) is 0 Å². The summed E-state index contributed by atoms with van der Waals surface area (Å²) in [7, 11) is 0. The average Bonchev–Trinajstić information content (AvgIpc) is 3.31. The van der Waals surface area contributed by atoms with Crippen molar-refractivity contribution >= 4 is 44.8 Å². The highest BCUT2D eigenvalue weighted by Gasteiger charge is 2.11. The second-order valence-corrected chi connectivity index (χ2v) is 7.95. The predicted molar refractivity (Wildman–Crippen MR) is 107 cm³/mol. The molecule has 1 aromatic carbocycles. The van der Waals surface area contributed by atoms with Crippen molar-refractivity contribution in [1.82, 2.24) is 15.5 Å². The van der Waals surface area contributed by atoms with Gasteiger partial charge >= 0.3 is 0 Å². The van der Waals surface area contributed by atoms with Gasteiger partial charge in [0.05, 0.1) is 15.5 Å². The van der Waals surface area contributed by atoms with Gasteiger partial charge in [0.1, 0.15) is 0 Å². The van der Waals surface area contributed by atoms with Crippen LogP contribution >= 0.6 is 38.9 Å². The van der Waals surface area contributed by atoms with Gasteiger partial charge in [0.2, 0.25) is 11.7 Å². The zero-order chi connectivity index (χ0) is 18.4. The first-order valence-corrected chi connectivity index (χ1v) is 10.3. The third kappa shape index (κ3) is 5.16. The Morgan fingerprint density at radius 3 is 2.96 bits per heavy atom. The van der Waals surface area contributed by atoms with Crippen molar-refractivity contribution in [3.8, 4) is 10.7 Å². The Bertz CT molecular complexity index is 867. The Morgan fingerprint density at radius 1 is 1.27 bits per heavy atom. The molecule has 0 aliphatic carbocycles. The lowest BCUT2D eigenvalue weighted by Gasteiger charge is -2.07. The molecule has 0 bridgehead atoms. The lowest BCUT2D eigenvalue weighted by Crippen LogP contribution is -2.24. The summed E-state index contributed by atoms with van der Waals surface area (Å²) in [6.45, 7) is 0.603. The highest BCUT2D eigenvalue weighted by molar-refractivity contribution is 9.10. The van der Waals surface area contributed by atoms with Gasteiger partial charge in [-0.15, -0.1) is 11.3 Å². The Kier molecular flexibility index (Phi) is 6.82. The first-order valence-electron chi connectivity index (χ1n) is 8.23. The fraction of sp³-hybridized carbons (Fsp3) is 0.278. The zero-order valence-electron chi connectivity index (χ0n) is 13.9. The molecule has 0 saturated carbocycles. The molecule has 8 heteroatoms. The van der Waals surface area contributed by atoms with E-state index in [4.69, 9.17) is 16.1 Å². The molecule has 0 fully saturated rings. The van der Waals surface area contributed by atoms with Gasteiger partial charge in [-0.1, -0.05) is 45.2 Å². The van der Waals surface area contributed by atoms with E-state index in [1.165, 1.54) is 0 Å². The average molecular weight is 455 g/mol. The van der Waals surface area contributed by atoms with E-state index in [1.807, 2.05) is 17.5 Å². The van der Waals surface area contributed by atoms with E-state index in [0.717, 1.165) is 35.0 Å². The SMILES string of the molecule is O=C(NCCCCCc1nc(-c2cccs2)no1)c1cc(Br)ccc1Cl. The van der Waals surface area contributed by atoms with Crippen LogP contribution in [0.15, 0.2) is 44.7 Å². The molecule has 0 aliphatic rings. The summed E-state index contributed by atoms with van der Waals surface area (Å²) < 4.78 is 6.10. The number of hydrogen-bond donors (Lipinski definition) is 1. The highest BCUT2D eigenvalue weighted by Crippen LogP contribution is 2.22. The normalized spacial score (nSPS) is 10.8. The second kappa shape index (κ2) is 9.30. The molecule has 3 rings (SSSR count). The molecular weight excluding hydrogens is 438 g/mol. The van der Waals surface area contributed by atoms with Crippen molar-refractivity contribution in [3.63, 3.8) is 0 Å². The van der Waals surface area contributed by atoms with Gasteiger partial charge in [0.25, 0.3) is 5.91 Å². The topological polar surface area (TPSA) is 68.0 Å². The van der Waals surface area contributed by atoms with Crippen LogP contribution in [0.1, 0.15) is 35.5 Å². The number of aryl methyl sites for hydroxylation is 1. The summed E-state index contributed by atoms with van der Waals surface area (Å²) in [5.74, 6) is 1.14. The van der Waals surface area contributed by atoms with Crippen molar-refractivity contribution < 1.29 is 9.32 Å². The van der Waals surface area contributed by atoms with Crippen molar-refractivity contribution in [2.75, 3.05) is 6.54 Å². The van der Waals surface area contributed by atoms with Gasteiger partial charge in [0, 0.05) is 17.4 Å². The van der Waals surface area contributed by atoms with E-state index >= 15 is 0 Å². The number of aromatic nitrogens is 2. The van der Waals surface area contributed by atoms with Crippen LogP contribution in [-0.4, -0.2) is 22.6 Å². The van der Waals surface area contributed by atoms with Gasteiger partial charge in [-0.25, -0.2) is 0 Å². The maximum atomic E-state index is 12.1. The molecule has 2 aromatic heterocycles. The maximum absolute atomic E-state index is 12.1. The Labute approximate surface area is 168 Å². The molecule has 0 aliphatic heterocycles. The van der Waals surface area contributed by atoms with E-state index in [2.05, 4.69) is 31.4 Å². The molecule has 1 N–H and O–H groups in total. The lowest BCUT2D eigenvalue weighted by molar-refractivity contribution is 0.0953. The van der Waals surface area contributed by atoms with E-state index in [9.17, 15) is 4.79 Å². The Hall–Kier alpha value is -1.70. The minimum absolute atomic E-state index is 0.159. The smallest absolute Gasteiger partial charge is 0.252 e. The van der Waals surface area contributed by atoms with E-state index < -0.39 is 0 Å². The first kappa shape index (κ1) is 19.1. The van der Waals surface area contributed by atoms with Crippen molar-refractivity contribution in [2.24, 2.45) is 0 Å². The molecule has 136 valence electrons. The summed E-state index contributed by atoms with van der Waals surface area (Å²) in [4.78, 5) is 17.5. The lowest BCUT2D eigenvalue weighted by atomic mass is 10.2. The second-order valence-electron chi connectivity index (χ2n) is 5.68. The molecule has 0 saturated heterocycles. The quantitative estimate of drug-likeness (QED) is 0.465. The number of benzene rings is 1. The molecule has 0 unspecified atom stereocenters. The van der Waals surface area contributed by atoms with E-state index in [-0.39, 0.29) is 5.91 Å². The fourth-order valence-corrected chi connectivity index (χ4v) is 3.62. The van der Waals surface area contributed by atoms with Crippen LogP contribution in [0.25, 0.3) is 10.7 Å². The Balaban J connectivity index is 1.36. The van der Waals surface area contributed by atoms with Crippen molar-refractivity contribution in [2.45, 2.75) is 25.7 Å². The van der Waals surface area contributed by atoms with Crippen LogP contribution in [0.4, 0.5) is 0 Å². The van der Waals surface area contributed by atoms with Gasteiger partial charge in [-0.05, 0) is 42.5 Å². The number of nitrogens with one attached hydrogen (secondary N) is 1. The van der Waals surface area contributed by atoms with Crippen LogP contribution in [0.3, 0.4) is 0 Å². The molecule has 0 radical (unpaired) electrons. The summed E-state index contributed by atoms with van der Waals surface area (Å²) in [5, 5.41) is 9.33.